The van der Waals surface area contributed by atoms with Crippen LogP contribution in [0, 0.1) is 10.1 Å². The van der Waals surface area contributed by atoms with Gasteiger partial charge in [0.2, 0.25) is 0 Å². The van der Waals surface area contributed by atoms with Gasteiger partial charge in [0.05, 0.1) is 34.3 Å². The number of benzene rings is 2. The molecule has 2 aromatic heterocycles. The van der Waals surface area contributed by atoms with E-state index in [9.17, 15) is 23.3 Å². The van der Waals surface area contributed by atoms with Crippen LogP contribution in [0.5, 0.6) is 11.5 Å². The van der Waals surface area contributed by atoms with Gasteiger partial charge in [-0.3, -0.25) is 19.8 Å². The first-order valence-electron chi connectivity index (χ1n) is 13.4. The zero-order valence-corrected chi connectivity index (χ0v) is 23.2. The van der Waals surface area contributed by atoms with Gasteiger partial charge in [-0.2, -0.15) is 0 Å². The molecule has 1 aliphatic heterocycles. The van der Waals surface area contributed by atoms with Crippen LogP contribution < -0.4 is 14.8 Å². The Kier molecular flexibility index (Phi) is 7.49. The predicted octanol–water partition coefficient (Wildman–Crippen LogP) is 3.66. The summed E-state index contributed by atoms with van der Waals surface area (Å²) in [6, 6.07) is 13.7. The highest BCUT2D eigenvalue weighted by molar-refractivity contribution is 7.90. The fourth-order valence-electron chi connectivity index (χ4n) is 4.92. The lowest BCUT2D eigenvalue weighted by Crippen LogP contribution is -2.46. The number of hydrogen-bond donors (Lipinski definition) is 3. The van der Waals surface area contributed by atoms with Gasteiger partial charge in [0.25, 0.3) is 21.6 Å². The standard InChI is InChI=1S/C28H28N6O7S/c35-28(23-3-1-2-4-26(23)41-20-13-18-9-10-29-27(18)31-15-20)32-42(38,39)22-7-8-24(25(14-22)34(36)37)30-16-21-17-33(11-12-40-21)19-5-6-19/h1-4,7-10,13-15,19,21,30H,5-6,11-12,16-17H2,(H,29,31)(H,32,35)/t21-/m0/s1. The number of H-pyrrole nitrogens is 1. The number of morpholine rings is 1. The van der Waals surface area contributed by atoms with Crippen molar-refractivity contribution in [3.8, 4) is 11.5 Å². The summed E-state index contributed by atoms with van der Waals surface area (Å²) in [7, 11) is -4.47. The molecule has 1 saturated carbocycles. The molecule has 218 valence electrons. The summed E-state index contributed by atoms with van der Waals surface area (Å²) in [6.07, 6.45) is 5.41. The lowest BCUT2D eigenvalue weighted by Gasteiger charge is -2.33. The summed E-state index contributed by atoms with van der Waals surface area (Å²) in [4.78, 5) is 33.4. The van der Waals surface area contributed by atoms with E-state index in [1.807, 2.05) is 10.8 Å². The van der Waals surface area contributed by atoms with Gasteiger partial charge in [0, 0.05) is 43.3 Å². The van der Waals surface area contributed by atoms with Crippen LogP contribution in [0.4, 0.5) is 11.4 Å². The van der Waals surface area contributed by atoms with Crippen molar-refractivity contribution in [2.45, 2.75) is 29.9 Å². The summed E-state index contributed by atoms with van der Waals surface area (Å²) in [5.74, 6) is -0.499. The molecule has 13 nitrogen and oxygen atoms in total. The second kappa shape index (κ2) is 11.4. The molecule has 4 aromatic rings. The Morgan fingerprint density at radius 1 is 1.19 bits per heavy atom. The normalized spacial score (nSPS) is 17.6. The van der Waals surface area contributed by atoms with Crippen LogP contribution in [0.15, 0.2) is 71.9 Å². The number of hydrogen-bond acceptors (Lipinski definition) is 10. The predicted molar refractivity (Wildman–Crippen MR) is 153 cm³/mol. The van der Waals surface area contributed by atoms with E-state index >= 15 is 0 Å². The minimum Gasteiger partial charge on any atom is -0.455 e. The van der Waals surface area contributed by atoms with Gasteiger partial charge in [-0.25, -0.2) is 18.1 Å². The molecule has 0 radical (unpaired) electrons. The number of nitro benzene ring substituents is 1. The largest absolute Gasteiger partial charge is 0.455 e. The first-order valence-corrected chi connectivity index (χ1v) is 14.9. The van der Waals surface area contributed by atoms with Crippen LogP contribution in [-0.4, -0.2) is 72.5 Å². The molecule has 1 aliphatic carbocycles. The van der Waals surface area contributed by atoms with Gasteiger partial charge in [-0.05, 0) is 49.2 Å². The monoisotopic (exact) mass is 592 g/mol. The summed E-state index contributed by atoms with van der Waals surface area (Å²) in [5.41, 5.74) is 0.341. The SMILES string of the molecule is O=C(NS(=O)(=O)c1ccc(NC[C@H]2CN(C3CC3)CCO2)c([N+](=O)[O-])c1)c1ccccc1Oc1cnc2[nH]ccc2c1. The third kappa shape index (κ3) is 6.05. The van der Waals surface area contributed by atoms with Gasteiger partial charge >= 0.3 is 0 Å². The van der Waals surface area contributed by atoms with E-state index < -0.39 is 31.4 Å². The lowest BCUT2D eigenvalue weighted by molar-refractivity contribution is -0.384. The highest BCUT2D eigenvalue weighted by atomic mass is 32.2. The number of nitrogens with one attached hydrogen (secondary N) is 3. The summed E-state index contributed by atoms with van der Waals surface area (Å²) >= 11 is 0. The van der Waals surface area contributed by atoms with E-state index in [0.29, 0.717) is 30.6 Å². The summed E-state index contributed by atoms with van der Waals surface area (Å²) in [5, 5.41) is 15.7. The second-order valence-electron chi connectivity index (χ2n) is 10.2. The Hall–Kier alpha value is -4.53. The average molecular weight is 593 g/mol. The highest BCUT2D eigenvalue weighted by Gasteiger charge is 2.33. The number of sulfonamides is 1. The number of carbonyl (C=O) groups excluding carboxylic acids is 1. The van der Waals surface area contributed by atoms with Gasteiger partial charge < -0.3 is 19.8 Å². The smallest absolute Gasteiger partial charge is 0.293 e. The molecule has 2 aromatic carbocycles. The average Bonchev–Trinajstić information content (AvgIpc) is 3.73. The molecule has 6 rings (SSSR count). The van der Waals surface area contributed by atoms with E-state index in [-0.39, 0.29) is 23.1 Å². The van der Waals surface area contributed by atoms with Crippen molar-refractivity contribution in [2.24, 2.45) is 0 Å². The Morgan fingerprint density at radius 2 is 2.02 bits per heavy atom. The van der Waals surface area contributed by atoms with Gasteiger partial charge in [-0.15, -0.1) is 0 Å². The molecule has 42 heavy (non-hydrogen) atoms. The maximum absolute atomic E-state index is 13.1. The van der Waals surface area contributed by atoms with Crippen molar-refractivity contribution < 1.29 is 27.6 Å². The number of rotatable bonds is 10. The summed E-state index contributed by atoms with van der Waals surface area (Å²) < 4.78 is 39.9. The van der Waals surface area contributed by atoms with Crippen LogP contribution in [0.3, 0.4) is 0 Å². The number of aromatic amines is 1. The number of para-hydroxylation sites is 1. The molecule has 1 atom stereocenters. The topological polar surface area (TPSA) is 169 Å². The number of aromatic nitrogens is 2. The fourth-order valence-corrected chi connectivity index (χ4v) is 5.91. The van der Waals surface area contributed by atoms with Crippen LogP contribution in [0.1, 0.15) is 23.2 Å². The molecule has 14 heteroatoms. The quantitative estimate of drug-likeness (QED) is 0.182. The molecule has 3 N–H and O–H groups in total. The first kappa shape index (κ1) is 27.6. The van der Waals surface area contributed by atoms with Gasteiger partial charge in [0.1, 0.15) is 22.8 Å². The molecule has 2 aliphatic rings. The number of pyridine rings is 1. The van der Waals surface area contributed by atoms with Crippen LogP contribution in [0.2, 0.25) is 0 Å². The maximum Gasteiger partial charge on any atom is 0.293 e. The van der Waals surface area contributed by atoms with E-state index in [0.717, 1.165) is 24.5 Å². The minimum atomic E-state index is -4.47. The highest BCUT2D eigenvalue weighted by Crippen LogP contribution is 2.31. The molecule has 0 spiro atoms. The van der Waals surface area contributed by atoms with Crippen LogP contribution >= 0.6 is 0 Å². The van der Waals surface area contributed by atoms with Crippen molar-refractivity contribution in [1.29, 1.82) is 0 Å². The maximum atomic E-state index is 13.1. The number of nitrogens with zero attached hydrogens (tertiary/aromatic N) is 3. The molecular formula is C28H28N6O7S. The number of carbonyl (C=O) groups is 1. The number of ether oxygens (including phenoxy) is 2. The van der Waals surface area contributed by atoms with Crippen molar-refractivity contribution in [1.82, 2.24) is 19.6 Å². The van der Waals surface area contributed by atoms with Gasteiger partial charge in [0.15, 0.2) is 0 Å². The summed E-state index contributed by atoms with van der Waals surface area (Å²) in [6.45, 7) is 2.52. The third-order valence-corrected chi connectivity index (χ3v) is 8.52. The Morgan fingerprint density at radius 3 is 2.83 bits per heavy atom. The molecule has 2 fully saturated rings. The molecule has 0 unspecified atom stereocenters. The molecule has 3 heterocycles. The van der Waals surface area contributed by atoms with Gasteiger partial charge in [-0.1, -0.05) is 12.1 Å². The number of anilines is 1. The zero-order chi connectivity index (χ0) is 29.3. The van der Waals surface area contributed by atoms with E-state index in [1.54, 1.807) is 24.4 Å². The Bertz CT molecular complexity index is 1750. The van der Waals surface area contributed by atoms with Crippen molar-refractivity contribution >= 4 is 38.3 Å². The third-order valence-electron chi connectivity index (χ3n) is 7.19. The van der Waals surface area contributed by atoms with E-state index in [2.05, 4.69) is 20.2 Å². The van der Waals surface area contributed by atoms with E-state index in [4.69, 9.17) is 9.47 Å². The Balaban J connectivity index is 1.16. The van der Waals surface area contributed by atoms with Crippen LogP contribution in [0.25, 0.3) is 11.0 Å². The van der Waals surface area contributed by atoms with Crippen molar-refractivity contribution in [3.05, 3.63) is 82.7 Å². The number of nitro groups is 1. The minimum absolute atomic E-state index is 0.0456. The van der Waals surface area contributed by atoms with Crippen molar-refractivity contribution in [3.63, 3.8) is 0 Å². The molecule has 1 saturated heterocycles. The lowest BCUT2D eigenvalue weighted by atomic mass is 10.2. The molecule has 1 amide bonds. The first-order chi connectivity index (χ1) is 20.3. The Labute approximate surface area is 241 Å². The zero-order valence-electron chi connectivity index (χ0n) is 22.4. The number of fused-ring (bicyclic) bond motifs is 1. The fraction of sp³-hybridized carbons (Fsp3) is 0.286. The van der Waals surface area contributed by atoms with E-state index in [1.165, 1.54) is 43.3 Å². The number of amides is 1. The van der Waals surface area contributed by atoms with Crippen LogP contribution in [-0.2, 0) is 14.8 Å². The van der Waals surface area contributed by atoms with Crippen molar-refractivity contribution in [2.75, 3.05) is 31.6 Å². The second-order valence-corrected chi connectivity index (χ2v) is 11.8. The molecule has 0 bridgehead atoms. The molecular weight excluding hydrogens is 564 g/mol.